The first-order valence-electron chi connectivity index (χ1n) is 9.11. The molecule has 1 aromatic heterocycles. The maximum atomic E-state index is 5.70. The molecule has 2 aromatic carbocycles. The highest BCUT2D eigenvalue weighted by Gasteiger charge is 2.06. The molecule has 0 unspecified atom stereocenters. The van der Waals surface area contributed by atoms with E-state index in [0.29, 0.717) is 6.61 Å². The molecule has 0 fully saturated rings. The highest BCUT2D eigenvalue weighted by Crippen LogP contribution is 2.28. The summed E-state index contributed by atoms with van der Waals surface area (Å²) in [5, 5.41) is 10.7. The number of nitrogens with zero attached hydrogens (tertiary/aromatic N) is 2. The summed E-state index contributed by atoms with van der Waals surface area (Å²) >= 11 is 1.68. The number of rotatable bonds is 8. The van der Waals surface area contributed by atoms with Crippen molar-refractivity contribution in [1.82, 2.24) is 10.2 Å². The summed E-state index contributed by atoms with van der Waals surface area (Å²) in [6, 6.07) is 16.7. The van der Waals surface area contributed by atoms with Crippen LogP contribution in [0.3, 0.4) is 0 Å². The second-order valence-corrected chi connectivity index (χ2v) is 7.11. The number of ether oxygens (including phenoxy) is 1. The Kier molecular flexibility index (Phi) is 6.56. The fourth-order valence-corrected chi connectivity index (χ4v) is 3.56. The quantitative estimate of drug-likeness (QED) is 0.448. The van der Waals surface area contributed by atoms with Crippen molar-refractivity contribution in [3.8, 4) is 27.4 Å². The van der Waals surface area contributed by atoms with E-state index in [1.165, 1.54) is 11.1 Å². The molecular formula is C22H24N2OS. The second-order valence-electron chi connectivity index (χ2n) is 6.04. The summed E-state index contributed by atoms with van der Waals surface area (Å²) < 4.78 is 5.70. The molecule has 26 heavy (non-hydrogen) atoms. The van der Waals surface area contributed by atoms with Gasteiger partial charge >= 0.3 is 0 Å². The van der Waals surface area contributed by atoms with Crippen molar-refractivity contribution in [3.05, 3.63) is 65.7 Å². The van der Waals surface area contributed by atoms with Crippen LogP contribution in [0.1, 0.15) is 31.7 Å². The number of aromatic nitrogens is 2. The molecule has 0 saturated heterocycles. The highest BCUT2D eigenvalue weighted by atomic mass is 32.1. The first-order chi connectivity index (χ1) is 12.8. The summed E-state index contributed by atoms with van der Waals surface area (Å²) in [4.78, 5) is 0. The van der Waals surface area contributed by atoms with E-state index in [1.54, 1.807) is 11.3 Å². The molecule has 3 nitrogen and oxygen atoms in total. The molecule has 4 heteroatoms. The molecule has 0 saturated carbocycles. The molecule has 0 aliphatic carbocycles. The van der Waals surface area contributed by atoms with Crippen molar-refractivity contribution >= 4 is 11.3 Å². The van der Waals surface area contributed by atoms with Crippen LogP contribution in [0.2, 0.25) is 0 Å². The Bertz CT molecular complexity index is 835. The van der Waals surface area contributed by atoms with Gasteiger partial charge in [-0.25, -0.2) is 0 Å². The molecule has 0 atom stereocenters. The average molecular weight is 365 g/mol. The van der Waals surface area contributed by atoms with Crippen molar-refractivity contribution in [2.75, 3.05) is 6.61 Å². The lowest BCUT2D eigenvalue weighted by Crippen LogP contribution is -1.92. The number of allylic oxidation sites excluding steroid dienone is 1. The molecule has 3 rings (SSSR count). The minimum Gasteiger partial charge on any atom is -0.490 e. The SMILES string of the molecule is CC/C=C/COc1ccc(-c2ccc(-c3nnc(CCC)s3)cc2)cc1. The predicted octanol–water partition coefficient (Wildman–Crippen LogP) is 6.17. The Morgan fingerprint density at radius 1 is 0.846 bits per heavy atom. The summed E-state index contributed by atoms with van der Waals surface area (Å²) in [6.07, 6.45) is 7.29. The van der Waals surface area contributed by atoms with Gasteiger partial charge in [0.2, 0.25) is 0 Å². The molecular weight excluding hydrogens is 340 g/mol. The van der Waals surface area contributed by atoms with Crippen LogP contribution in [0.25, 0.3) is 21.7 Å². The lowest BCUT2D eigenvalue weighted by molar-refractivity contribution is 0.362. The van der Waals surface area contributed by atoms with Crippen LogP contribution in [0.5, 0.6) is 5.75 Å². The van der Waals surface area contributed by atoms with Gasteiger partial charge in [0.05, 0.1) is 0 Å². The van der Waals surface area contributed by atoms with Crippen LogP contribution in [-0.2, 0) is 6.42 Å². The Balaban J connectivity index is 1.66. The van der Waals surface area contributed by atoms with E-state index in [2.05, 4.69) is 66.5 Å². The van der Waals surface area contributed by atoms with Gasteiger partial charge < -0.3 is 4.74 Å². The molecule has 0 aliphatic heterocycles. The van der Waals surface area contributed by atoms with Crippen LogP contribution in [0.15, 0.2) is 60.7 Å². The predicted molar refractivity (Wildman–Crippen MR) is 110 cm³/mol. The molecule has 0 radical (unpaired) electrons. The third kappa shape index (κ3) is 4.79. The van der Waals surface area contributed by atoms with E-state index in [9.17, 15) is 0 Å². The van der Waals surface area contributed by atoms with E-state index in [1.807, 2.05) is 18.2 Å². The van der Waals surface area contributed by atoms with Crippen molar-refractivity contribution < 1.29 is 4.74 Å². The normalized spacial score (nSPS) is 11.2. The highest BCUT2D eigenvalue weighted by molar-refractivity contribution is 7.14. The largest absolute Gasteiger partial charge is 0.490 e. The number of benzene rings is 2. The number of aryl methyl sites for hydroxylation is 1. The van der Waals surface area contributed by atoms with Gasteiger partial charge in [0.25, 0.3) is 0 Å². The summed E-state index contributed by atoms with van der Waals surface area (Å²) in [5.74, 6) is 0.892. The zero-order valence-corrected chi connectivity index (χ0v) is 16.1. The van der Waals surface area contributed by atoms with Gasteiger partial charge in [-0.3, -0.25) is 0 Å². The van der Waals surface area contributed by atoms with Crippen LogP contribution in [-0.4, -0.2) is 16.8 Å². The Hall–Kier alpha value is -2.46. The van der Waals surface area contributed by atoms with Gasteiger partial charge in [0, 0.05) is 12.0 Å². The van der Waals surface area contributed by atoms with E-state index < -0.39 is 0 Å². The smallest absolute Gasteiger partial charge is 0.147 e. The average Bonchev–Trinajstić information content (AvgIpc) is 3.15. The molecule has 134 valence electrons. The zero-order chi connectivity index (χ0) is 18.2. The summed E-state index contributed by atoms with van der Waals surface area (Å²) in [5.41, 5.74) is 3.48. The number of hydrogen-bond donors (Lipinski definition) is 0. The van der Waals surface area contributed by atoms with Gasteiger partial charge in [-0.1, -0.05) is 73.7 Å². The molecule has 0 spiro atoms. The molecule has 0 aliphatic rings. The maximum absolute atomic E-state index is 5.70. The molecule has 0 bridgehead atoms. The van der Waals surface area contributed by atoms with Gasteiger partial charge in [-0.05, 0) is 36.1 Å². The molecule has 1 heterocycles. The Morgan fingerprint density at radius 2 is 1.50 bits per heavy atom. The van der Waals surface area contributed by atoms with E-state index >= 15 is 0 Å². The maximum Gasteiger partial charge on any atom is 0.147 e. The van der Waals surface area contributed by atoms with Crippen molar-refractivity contribution in [3.63, 3.8) is 0 Å². The van der Waals surface area contributed by atoms with Crippen LogP contribution < -0.4 is 4.74 Å². The standard InChI is InChI=1S/C22H24N2OS/c1-3-5-6-16-25-20-14-12-18(13-15-20)17-8-10-19(11-9-17)22-24-23-21(26-22)7-4-2/h5-6,8-15H,3-4,7,16H2,1-2H3/b6-5+. The summed E-state index contributed by atoms with van der Waals surface area (Å²) in [6.45, 7) is 4.89. The van der Waals surface area contributed by atoms with Crippen molar-refractivity contribution in [2.24, 2.45) is 0 Å². The number of hydrogen-bond acceptors (Lipinski definition) is 4. The Labute approximate surface area is 159 Å². The monoisotopic (exact) mass is 364 g/mol. The van der Waals surface area contributed by atoms with E-state index in [0.717, 1.165) is 40.6 Å². The molecule has 0 amide bonds. The fourth-order valence-electron chi connectivity index (χ4n) is 2.61. The second kappa shape index (κ2) is 9.30. The molecule has 3 aromatic rings. The minimum atomic E-state index is 0.615. The van der Waals surface area contributed by atoms with Gasteiger partial charge in [0.1, 0.15) is 22.4 Å². The van der Waals surface area contributed by atoms with E-state index in [-0.39, 0.29) is 0 Å². The fraction of sp³-hybridized carbons (Fsp3) is 0.273. The van der Waals surface area contributed by atoms with Crippen LogP contribution in [0.4, 0.5) is 0 Å². The van der Waals surface area contributed by atoms with Crippen molar-refractivity contribution in [2.45, 2.75) is 33.1 Å². The first-order valence-corrected chi connectivity index (χ1v) is 9.93. The zero-order valence-electron chi connectivity index (χ0n) is 15.3. The van der Waals surface area contributed by atoms with E-state index in [4.69, 9.17) is 4.74 Å². The topological polar surface area (TPSA) is 35.0 Å². The third-order valence-corrected chi connectivity index (χ3v) is 5.03. The van der Waals surface area contributed by atoms with Gasteiger partial charge in [0.15, 0.2) is 0 Å². The molecule has 0 N–H and O–H groups in total. The Morgan fingerprint density at radius 3 is 2.15 bits per heavy atom. The van der Waals surface area contributed by atoms with Gasteiger partial charge in [-0.2, -0.15) is 0 Å². The first kappa shape index (κ1) is 18.3. The lowest BCUT2D eigenvalue weighted by Gasteiger charge is -2.06. The summed E-state index contributed by atoms with van der Waals surface area (Å²) in [7, 11) is 0. The van der Waals surface area contributed by atoms with Crippen molar-refractivity contribution in [1.29, 1.82) is 0 Å². The third-order valence-electron chi connectivity index (χ3n) is 4.00. The van der Waals surface area contributed by atoms with Gasteiger partial charge in [-0.15, -0.1) is 10.2 Å². The lowest BCUT2D eigenvalue weighted by atomic mass is 10.0. The minimum absolute atomic E-state index is 0.615. The van der Waals surface area contributed by atoms with Crippen LogP contribution >= 0.6 is 11.3 Å². The van der Waals surface area contributed by atoms with Crippen LogP contribution in [0, 0.1) is 0 Å².